The second-order valence-corrected chi connectivity index (χ2v) is 1.58. The second kappa shape index (κ2) is 6.59. The zero-order valence-electron chi connectivity index (χ0n) is 5.45. The van der Waals surface area contributed by atoms with E-state index in [1.807, 2.05) is 30.3 Å². The maximum atomic E-state index is 8.25. The van der Waals surface area contributed by atoms with Crippen molar-refractivity contribution in [2.45, 2.75) is 0 Å². The average Bonchev–Trinajstić information content (AvgIpc) is 2.10. The van der Waals surface area contributed by atoms with Crippen LogP contribution in [0, 0.1) is 6.58 Å². The molecule has 0 aliphatic carbocycles. The summed E-state index contributed by atoms with van der Waals surface area (Å²) >= 11 is 0.750. The van der Waals surface area contributed by atoms with Crippen LogP contribution in [0.15, 0.2) is 30.3 Å². The Morgan fingerprint density at radius 1 is 1.20 bits per heavy atom. The number of hydrogen-bond donors (Lipinski definition) is 0. The van der Waals surface area contributed by atoms with Crippen LogP contribution < -0.4 is 0 Å². The Bertz CT molecular complexity index is 184. The van der Waals surface area contributed by atoms with Gasteiger partial charge >= 0.3 is 23.7 Å². The van der Waals surface area contributed by atoms with Crippen LogP contribution in [0.3, 0.4) is 0 Å². The van der Waals surface area contributed by atoms with E-state index in [2.05, 4.69) is 0 Å². The number of benzene rings is 1. The zero-order valence-corrected chi connectivity index (χ0v) is 7.01. The first-order valence-corrected chi connectivity index (χ1v) is 3.37. The molecule has 0 aliphatic heterocycles. The van der Waals surface area contributed by atoms with Crippen molar-refractivity contribution in [3.63, 3.8) is 0 Å². The van der Waals surface area contributed by atoms with Gasteiger partial charge in [-0.25, -0.2) is 6.08 Å². The van der Waals surface area contributed by atoms with Gasteiger partial charge in [-0.15, -0.1) is 12.1 Å². The summed E-state index contributed by atoms with van der Waals surface area (Å²) in [6, 6.07) is 9.80. The van der Waals surface area contributed by atoms with E-state index in [0.717, 1.165) is 26.0 Å². The Kier molecular flexibility index (Phi) is 6.25. The van der Waals surface area contributed by atoms with Crippen LogP contribution >= 0.6 is 0 Å². The fourth-order valence-corrected chi connectivity index (χ4v) is 0.564. The van der Waals surface area contributed by atoms with E-state index >= 15 is 0 Å². The van der Waals surface area contributed by atoms with Gasteiger partial charge in [0.05, 0.1) is 0 Å². The van der Waals surface area contributed by atoms with Gasteiger partial charge in [-0.1, -0.05) is 18.2 Å². The predicted molar refractivity (Wildman–Crippen MR) is 35.9 cm³/mol. The minimum absolute atomic E-state index is 0.750. The molecule has 0 aromatic heterocycles. The summed E-state index contributed by atoms with van der Waals surface area (Å²) in [4.78, 5) is 0. The molecular formula is C8H7OTi. The standard InChI is InChI=1S/C8H7.O.Ti/c1-2-8-6-4-3-5-7-8;;/h1-7H;;/q-1;;+1. The molecule has 0 aliphatic rings. The molecule has 0 bridgehead atoms. The summed E-state index contributed by atoms with van der Waals surface area (Å²) in [6.07, 6.45) is 1.58. The molecule has 0 N–H and O–H groups in total. The van der Waals surface area contributed by atoms with Crippen molar-refractivity contribution in [3.8, 4) is 0 Å². The van der Waals surface area contributed by atoms with Crippen molar-refractivity contribution in [3.05, 3.63) is 42.5 Å². The van der Waals surface area contributed by atoms with Gasteiger partial charge in [0.1, 0.15) is 0 Å². The number of hydrogen-bond acceptors (Lipinski definition) is 1. The number of rotatable bonds is 1. The monoisotopic (exact) mass is 167 g/mol. The molecule has 0 saturated heterocycles. The van der Waals surface area contributed by atoms with E-state index in [1.54, 1.807) is 6.08 Å². The van der Waals surface area contributed by atoms with Crippen LogP contribution in [0.5, 0.6) is 0 Å². The summed E-state index contributed by atoms with van der Waals surface area (Å²) in [5, 5.41) is 0. The van der Waals surface area contributed by atoms with Gasteiger partial charge in [0, 0.05) is 0 Å². The fourth-order valence-electron chi connectivity index (χ4n) is 0.564. The molecule has 0 amide bonds. The first-order valence-electron chi connectivity index (χ1n) is 2.74. The molecule has 1 aromatic rings. The van der Waals surface area contributed by atoms with Crippen LogP contribution in [0.25, 0.3) is 6.08 Å². The molecule has 10 heavy (non-hydrogen) atoms. The van der Waals surface area contributed by atoms with E-state index in [-0.39, 0.29) is 0 Å². The fraction of sp³-hybridized carbons (Fsp3) is 0. The SMILES string of the molecule is [CH-]=Cc1ccccc1.[O]=[Ti+]. The summed E-state index contributed by atoms with van der Waals surface area (Å²) in [5.74, 6) is 0. The van der Waals surface area contributed by atoms with Crippen molar-refractivity contribution >= 4 is 6.08 Å². The van der Waals surface area contributed by atoms with E-state index in [4.69, 9.17) is 9.90 Å². The molecule has 0 atom stereocenters. The molecule has 0 fully saturated rings. The quantitative estimate of drug-likeness (QED) is 0.461. The minimum atomic E-state index is 0.750. The van der Waals surface area contributed by atoms with Gasteiger partial charge in [-0.3, -0.25) is 6.58 Å². The summed E-state index contributed by atoms with van der Waals surface area (Å²) < 4.78 is 8.25. The molecule has 2 heteroatoms. The van der Waals surface area contributed by atoms with Gasteiger partial charge in [-0.2, -0.15) is 5.56 Å². The molecule has 0 radical (unpaired) electrons. The average molecular weight is 167 g/mol. The van der Waals surface area contributed by atoms with Crippen molar-refractivity contribution in [1.29, 1.82) is 0 Å². The molecule has 0 saturated carbocycles. The Morgan fingerprint density at radius 3 is 2.00 bits per heavy atom. The first kappa shape index (κ1) is 9.47. The van der Waals surface area contributed by atoms with Gasteiger partial charge in [-0.05, 0) is 0 Å². The third kappa shape index (κ3) is 3.49. The van der Waals surface area contributed by atoms with Crippen molar-refractivity contribution in [1.82, 2.24) is 0 Å². The molecule has 1 rings (SSSR count). The topological polar surface area (TPSA) is 17.1 Å². The van der Waals surface area contributed by atoms with E-state index in [0.29, 0.717) is 0 Å². The third-order valence-electron chi connectivity index (χ3n) is 0.992. The molecule has 0 spiro atoms. The summed E-state index contributed by atoms with van der Waals surface area (Å²) in [7, 11) is 0. The van der Waals surface area contributed by atoms with E-state index < -0.39 is 0 Å². The van der Waals surface area contributed by atoms with Gasteiger partial charge in [0.15, 0.2) is 0 Å². The predicted octanol–water partition coefficient (Wildman–Crippen LogP) is 2.01. The molecule has 0 unspecified atom stereocenters. The van der Waals surface area contributed by atoms with Crippen molar-refractivity contribution < 1.29 is 23.7 Å². The maximum absolute atomic E-state index is 8.25. The van der Waals surface area contributed by atoms with E-state index in [9.17, 15) is 0 Å². The van der Waals surface area contributed by atoms with Crippen LogP contribution in [0.4, 0.5) is 0 Å². The normalized spacial score (nSPS) is 7.40. The Morgan fingerprint density at radius 2 is 1.70 bits per heavy atom. The van der Waals surface area contributed by atoms with Crippen LogP contribution in [0.1, 0.15) is 5.56 Å². The van der Waals surface area contributed by atoms with Crippen LogP contribution in [-0.4, -0.2) is 0 Å². The molecule has 1 aromatic carbocycles. The molecule has 1 nitrogen and oxygen atoms in total. The van der Waals surface area contributed by atoms with Gasteiger partial charge in [0.25, 0.3) is 0 Å². The van der Waals surface area contributed by atoms with Crippen molar-refractivity contribution in [2.75, 3.05) is 0 Å². The summed E-state index contributed by atoms with van der Waals surface area (Å²) in [6.45, 7) is 5.22. The third-order valence-corrected chi connectivity index (χ3v) is 0.992. The van der Waals surface area contributed by atoms with Crippen LogP contribution in [0.2, 0.25) is 0 Å². The van der Waals surface area contributed by atoms with Crippen LogP contribution in [-0.2, 0) is 23.7 Å². The Balaban J connectivity index is 0.000000371. The van der Waals surface area contributed by atoms with E-state index in [1.165, 1.54) is 0 Å². The second-order valence-electron chi connectivity index (χ2n) is 1.58. The first-order chi connectivity index (χ1) is 4.93. The molecular weight excluding hydrogens is 160 g/mol. The van der Waals surface area contributed by atoms with Gasteiger partial charge < -0.3 is 0 Å². The van der Waals surface area contributed by atoms with Gasteiger partial charge in [0.2, 0.25) is 0 Å². The molecule has 0 heterocycles. The van der Waals surface area contributed by atoms with Crippen molar-refractivity contribution in [2.24, 2.45) is 0 Å². The Labute approximate surface area is 72.5 Å². The zero-order chi connectivity index (χ0) is 7.82. The molecule has 49 valence electrons. The summed E-state index contributed by atoms with van der Waals surface area (Å²) in [5.41, 5.74) is 1.06. The Hall–Kier alpha value is -0.526.